The second kappa shape index (κ2) is 7.68. The van der Waals surface area contributed by atoms with E-state index in [-0.39, 0.29) is 11.3 Å². The molecule has 0 unspecified atom stereocenters. The minimum Gasteiger partial charge on any atom is -0.361 e. The van der Waals surface area contributed by atoms with Gasteiger partial charge in [0.25, 0.3) is 5.91 Å². The quantitative estimate of drug-likeness (QED) is 0.769. The van der Waals surface area contributed by atoms with Gasteiger partial charge in [-0.1, -0.05) is 37.5 Å². The Labute approximate surface area is 183 Å². The highest BCUT2D eigenvalue weighted by Gasteiger charge is 2.49. The molecule has 164 valence electrons. The largest absolute Gasteiger partial charge is 0.361 e. The molecule has 2 aromatic rings. The molecule has 2 aromatic heterocycles. The van der Waals surface area contributed by atoms with Crippen molar-refractivity contribution >= 4 is 17.5 Å². The minimum atomic E-state index is -0.0650. The van der Waals surface area contributed by atoms with Gasteiger partial charge in [-0.2, -0.15) is 5.10 Å². The number of carbonyl (C=O) groups is 1. The summed E-state index contributed by atoms with van der Waals surface area (Å²) in [7, 11) is 1.74. The van der Waals surface area contributed by atoms with E-state index in [0.29, 0.717) is 39.3 Å². The summed E-state index contributed by atoms with van der Waals surface area (Å²) < 4.78 is 6.70. The van der Waals surface area contributed by atoms with Gasteiger partial charge in [0.1, 0.15) is 27.9 Å². The second-order valence-electron chi connectivity index (χ2n) is 10.3. The first-order chi connectivity index (χ1) is 14.1. The topological polar surface area (TPSA) is 76.2 Å². The van der Waals surface area contributed by atoms with Gasteiger partial charge in [0, 0.05) is 32.2 Å². The zero-order valence-electron chi connectivity index (χ0n) is 18.6. The Morgan fingerprint density at radius 3 is 2.77 bits per heavy atom. The molecule has 1 saturated carbocycles. The van der Waals surface area contributed by atoms with Crippen molar-refractivity contribution in [3.8, 4) is 11.4 Å². The highest BCUT2D eigenvalue weighted by Crippen LogP contribution is 2.49. The van der Waals surface area contributed by atoms with Crippen LogP contribution in [-0.4, -0.2) is 51.4 Å². The van der Waals surface area contributed by atoms with E-state index in [2.05, 4.69) is 36.3 Å². The molecule has 1 amide bonds. The van der Waals surface area contributed by atoms with Crippen LogP contribution in [0, 0.1) is 17.8 Å². The molecule has 0 atom stereocenters. The number of nitrogens with one attached hydrogen (secondary N) is 1. The van der Waals surface area contributed by atoms with Crippen molar-refractivity contribution in [2.24, 2.45) is 17.9 Å². The molecule has 0 radical (unpaired) electrons. The summed E-state index contributed by atoms with van der Waals surface area (Å²) >= 11 is 6.46. The van der Waals surface area contributed by atoms with Crippen molar-refractivity contribution in [1.29, 1.82) is 0 Å². The van der Waals surface area contributed by atoms with E-state index in [9.17, 15) is 4.79 Å². The lowest BCUT2D eigenvalue weighted by Crippen LogP contribution is -2.51. The summed E-state index contributed by atoms with van der Waals surface area (Å²) in [6.45, 7) is 11.2. The number of hydrogen-bond acceptors (Lipinski definition) is 5. The zero-order valence-corrected chi connectivity index (χ0v) is 19.3. The van der Waals surface area contributed by atoms with Crippen LogP contribution in [0.3, 0.4) is 0 Å². The molecule has 1 spiro atoms. The smallest absolute Gasteiger partial charge is 0.259 e. The van der Waals surface area contributed by atoms with Gasteiger partial charge in [-0.25, -0.2) is 0 Å². The van der Waals surface area contributed by atoms with Gasteiger partial charge in [0.2, 0.25) is 0 Å². The van der Waals surface area contributed by atoms with E-state index in [1.165, 1.54) is 11.1 Å². The third kappa shape index (κ3) is 4.14. The molecule has 0 bridgehead atoms. The standard InChI is InChI=1S/C22H32ClN5O2/c1-14-10-16(26-30-14)18-17(19(23)27(5)25-18)20(29)28-9-7-22(13-28)11-15(12-22)24-8-6-21(2,3)4/h10,15,24H,6-9,11-13H2,1-5H3/t15-,22+. The van der Waals surface area contributed by atoms with Crippen molar-refractivity contribution in [3.63, 3.8) is 0 Å². The highest BCUT2D eigenvalue weighted by atomic mass is 35.5. The van der Waals surface area contributed by atoms with Crippen molar-refractivity contribution in [2.75, 3.05) is 19.6 Å². The average molecular weight is 434 g/mol. The van der Waals surface area contributed by atoms with E-state index < -0.39 is 0 Å². The molecular weight excluding hydrogens is 402 g/mol. The molecule has 1 saturated heterocycles. The van der Waals surface area contributed by atoms with Gasteiger partial charge in [0.05, 0.1) is 0 Å². The SMILES string of the molecule is Cc1cc(-c2nn(C)c(Cl)c2C(=O)N2CC[C@]3(C2)C[C@@H](NCCC(C)(C)C)C3)no1. The molecule has 1 aliphatic heterocycles. The number of rotatable bonds is 5. The fraction of sp³-hybridized carbons (Fsp3) is 0.682. The first-order valence-corrected chi connectivity index (χ1v) is 11.1. The molecule has 30 heavy (non-hydrogen) atoms. The predicted octanol–water partition coefficient (Wildman–Crippen LogP) is 4.06. The van der Waals surface area contributed by atoms with Gasteiger partial charge in [-0.05, 0) is 50.0 Å². The normalized spacial score (nSPS) is 23.9. The average Bonchev–Trinajstić information content (AvgIpc) is 3.32. The van der Waals surface area contributed by atoms with E-state index in [1.807, 2.05) is 11.8 Å². The zero-order chi connectivity index (χ0) is 21.7. The lowest BCUT2D eigenvalue weighted by atomic mass is 9.65. The maximum atomic E-state index is 13.4. The van der Waals surface area contributed by atoms with Crippen molar-refractivity contribution in [2.45, 2.75) is 59.4 Å². The van der Waals surface area contributed by atoms with Crippen LogP contribution in [0.5, 0.6) is 0 Å². The van der Waals surface area contributed by atoms with Gasteiger partial charge < -0.3 is 14.7 Å². The van der Waals surface area contributed by atoms with E-state index in [0.717, 1.165) is 38.9 Å². The van der Waals surface area contributed by atoms with E-state index in [1.54, 1.807) is 13.1 Å². The van der Waals surface area contributed by atoms with Crippen molar-refractivity contribution < 1.29 is 9.32 Å². The lowest BCUT2D eigenvalue weighted by molar-refractivity contribution is 0.0655. The van der Waals surface area contributed by atoms with Crippen LogP contribution in [0.25, 0.3) is 11.4 Å². The molecule has 7 nitrogen and oxygen atoms in total. The molecule has 2 aliphatic rings. The fourth-order valence-corrected chi connectivity index (χ4v) is 4.94. The number of aryl methyl sites for hydroxylation is 2. The maximum absolute atomic E-state index is 13.4. The Bertz CT molecular complexity index is 936. The summed E-state index contributed by atoms with van der Waals surface area (Å²) in [4.78, 5) is 15.3. The Balaban J connectivity index is 1.41. The Kier molecular flexibility index (Phi) is 5.47. The summed E-state index contributed by atoms with van der Waals surface area (Å²) in [5.74, 6) is 0.606. The van der Waals surface area contributed by atoms with Gasteiger partial charge in [-0.3, -0.25) is 9.48 Å². The first kappa shape index (κ1) is 21.4. The van der Waals surface area contributed by atoms with Crippen LogP contribution in [0.4, 0.5) is 0 Å². The van der Waals surface area contributed by atoms with Crippen molar-refractivity contribution in [1.82, 2.24) is 25.2 Å². The van der Waals surface area contributed by atoms with Gasteiger partial charge in [0.15, 0.2) is 0 Å². The van der Waals surface area contributed by atoms with Crippen LogP contribution in [0.15, 0.2) is 10.6 Å². The minimum absolute atomic E-state index is 0.0650. The fourth-order valence-electron chi connectivity index (χ4n) is 4.73. The summed E-state index contributed by atoms with van der Waals surface area (Å²) in [6.07, 6.45) is 4.49. The Morgan fingerprint density at radius 2 is 2.13 bits per heavy atom. The van der Waals surface area contributed by atoms with Crippen LogP contribution in [-0.2, 0) is 7.05 Å². The number of carbonyl (C=O) groups excluding carboxylic acids is 1. The third-order valence-corrected chi connectivity index (χ3v) is 6.89. The van der Waals surface area contributed by atoms with Crippen molar-refractivity contribution in [3.05, 3.63) is 22.5 Å². The molecule has 2 fully saturated rings. The third-order valence-electron chi connectivity index (χ3n) is 6.45. The van der Waals surface area contributed by atoms with Gasteiger partial charge >= 0.3 is 0 Å². The van der Waals surface area contributed by atoms with E-state index >= 15 is 0 Å². The van der Waals surface area contributed by atoms with Crippen LogP contribution in [0.1, 0.15) is 62.6 Å². The number of amides is 1. The lowest BCUT2D eigenvalue weighted by Gasteiger charge is -2.46. The monoisotopic (exact) mass is 433 g/mol. The number of halogens is 1. The number of nitrogens with zero attached hydrogens (tertiary/aromatic N) is 4. The van der Waals surface area contributed by atoms with E-state index in [4.69, 9.17) is 16.1 Å². The molecule has 0 aromatic carbocycles. The van der Waals surface area contributed by atoms with Crippen LogP contribution >= 0.6 is 11.6 Å². The number of likely N-dealkylation sites (tertiary alicyclic amines) is 1. The maximum Gasteiger partial charge on any atom is 0.259 e. The first-order valence-electron chi connectivity index (χ1n) is 10.8. The molecular formula is C22H32ClN5O2. The molecule has 1 N–H and O–H groups in total. The van der Waals surface area contributed by atoms with Crippen LogP contribution in [0.2, 0.25) is 5.15 Å². The molecule has 3 heterocycles. The summed E-state index contributed by atoms with van der Waals surface area (Å²) in [6, 6.07) is 2.35. The predicted molar refractivity (Wildman–Crippen MR) is 117 cm³/mol. The van der Waals surface area contributed by atoms with Gasteiger partial charge in [-0.15, -0.1) is 0 Å². The molecule has 8 heteroatoms. The number of hydrogen-bond donors (Lipinski definition) is 1. The van der Waals surface area contributed by atoms with Crippen LogP contribution < -0.4 is 5.32 Å². The molecule has 1 aliphatic carbocycles. The Hall–Kier alpha value is -1.86. The summed E-state index contributed by atoms with van der Waals surface area (Å²) in [5, 5.41) is 12.5. The molecule has 4 rings (SSSR count). The highest BCUT2D eigenvalue weighted by molar-refractivity contribution is 6.33. The summed E-state index contributed by atoms with van der Waals surface area (Å²) in [5.41, 5.74) is 2.05. The Morgan fingerprint density at radius 1 is 1.40 bits per heavy atom. The number of aromatic nitrogens is 3. The second-order valence-corrected chi connectivity index (χ2v) is 10.7.